The van der Waals surface area contributed by atoms with Crippen molar-refractivity contribution < 1.29 is 5.11 Å². The Hall–Kier alpha value is -0.0800. The average molecular weight is 143 g/mol. The molecule has 0 bridgehead atoms. The van der Waals surface area contributed by atoms with E-state index in [1.54, 1.807) is 0 Å². The number of hydrogen-bond donors (Lipinski definition) is 2. The molecule has 2 N–H and O–H groups in total. The van der Waals surface area contributed by atoms with Gasteiger partial charge < -0.3 is 10.4 Å². The van der Waals surface area contributed by atoms with Crippen molar-refractivity contribution in [3.05, 3.63) is 0 Å². The van der Waals surface area contributed by atoms with E-state index >= 15 is 0 Å². The Bertz CT molecular complexity index is 95.3. The smallest absolute Gasteiger partial charge is 0.0568 e. The molecule has 0 aromatic carbocycles. The van der Waals surface area contributed by atoms with E-state index < -0.39 is 0 Å². The van der Waals surface area contributed by atoms with Crippen LogP contribution in [-0.2, 0) is 0 Å². The van der Waals surface area contributed by atoms with Crippen molar-refractivity contribution in [2.24, 2.45) is 5.92 Å². The van der Waals surface area contributed by atoms with E-state index in [1.165, 1.54) is 12.8 Å². The van der Waals surface area contributed by atoms with Crippen LogP contribution in [0.1, 0.15) is 25.7 Å². The number of nitrogens with one attached hydrogen (secondary N) is 1. The van der Waals surface area contributed by atoms with Gasteiger partial charge in [0.05, 0.1) is 6.10 Å². The fourth-order valence-electron chi connectivity index (χ4n) is 1.68. The molecular weight excluding hydrogens is 126 g/mol. The van der Waals surface area contributed by atoms with Crippen LogP contribution in [-0.4, -0.2) is 24.8 Å². The fraction of sp³-hybridized carbons (Fsp3) is 1.00. The van der Waals surface area contributed by atoms with Gasteiger partial charge in [0.25, 0.3) is 0 Å². The summed E-state index contributed by atoms with van der Waals surface area (Å²) in [6.07, 6.45) is 4.60. The highest BCUT2D eigenvalue weighted by Crippen LogP contribution is 2.27. The van der Waals surface area contributed by atoms with E-state index in [9.17, 15) is 5.11 Å². The van der Waals surface area contributed by atoms with Gasteiger partial charge in [0.2, 0.25) is 0 Å². The number of hydrogen-bond acceptors (Lipinski definition) is 2. The van der Waals surface area contributed by atoms with Crippen LogP contribution in [0.25, 0.3) is 0 Å². The molecule has 1 aliphatic rings. The van der Waals surface area contributed by atoms with Crippen LogP contribution in [0.15, 0.2) is 0 Å². The molecule has 60 valence electrons. The van der Waals surface area contributed by atoms with Gasteiger partial charge in [0.15, 0.2) is 0 Å². The molecule has 2 atom stereocenters. The zero-order valence-electron chi connectivity index (χ0n) is 6.64. The summed E-state index contributed by atoms with van der Waals surface area (Å²) < 4.78 is 0. The zero-order valence-corrected chi connectivity index (χ0v) is 6.64. The summed E-state index contributed by atoms with van der Waals surface area (Å²) in [6, 6.07) is 0. The van der Waals surface area contributed by atoms with E-state index in [1.807, 2.05) is 7.05 Å². The molecule has 1 rings (SSSR count). The molecule has 0 amide bonds. The van der Waals surface area contributed by atoms with E-state index in [0.29, 0.717) is 5.92 Å². The maximum Gasteiger partial charge on any atom is 0.0568 e. The highest BCUT2D eigenvalue weighted by atomic mass is 16.3. The lowest BCUT2D eigenvalue weighted by Crippen LogP contribution is -2.18. The molecule has 1 fully saturated rings. The molecule has 1 aliphatic carbocycles. The first kappa shape index (κ1) is 8.02. The molecule has 0 radical (unpaired) electrons. The van der Waals surface area contributed by atoms with Crippen LogP contribution < -0.4 is 5.32 Å². The Morgan fingerprint density at radius 2 is 2.30 bits per heavy atom. The maximum atomic E-state index is 9.39. The molecule has 0 heterocycles. The second kappa shape index (κ2) is 3.94. The standard InChI is InChI=1S/C8H17NO/c1-9-6-5-7-3-2-4-8(7)10/h7-10H,2-6H2,1H3. The molecular formula is C8H17NO. The van der Waals surface area contributed by atoms with Crippen molar-refractivity contribution in [1.82, 2.24) is 5.32 Å². The fourth-order valence-corrected chi connectivity index (χ4v) is 1.68. The van der Waals surface area contributed by atoms with Gasteiger partial charge in [-0.1, -0.05) is 6.42 Å². The molecule has 2 unspecified atom stereocenters. The number of aliphatic hydroxyl groups is 1. The highest BCUT2D eigenvalue weighted by molar-refractivity contribution is 4.76. The van der Waals surface area contributed by atoms with Gasteiger partial charge in [-0.3, -0.25) is 0 Å². The average Bonchev–Trinajstić information content (AvgIpc) is 2.31. The predicted molar refractivity (Wildman–Crippen MR) is 41.9 cm³/mol. The summed E-state index contributed by atoms with van der Waals surface area (Å²) in [7, 11) is 1.96. The Morgan fingerprint density at radius 1 is 1.50 bits per heavy atom. The summed E-state index contributed by atoms with van der Waals surface area (Å²) in [5, 5.41) is 12.5. The van der Waals surface area contributed by atoms with Crippen molar-refractivity contribution in [1.29, 1.82) is 0 Å². The lowest BCUT2D eigenvalue weighted by Gasteiger charge is -2.12. The van der Waals surface area contributed by atoms with Crippen LogP contribution in [0.5, 0.6) is 0 Å². The van der Waals surface area contributed by atoms with Crippen molar-refractivity contribution in [3.8, 4) is 0 Å². The van der Waals surface area contributed by atoms with E-state index in [2.05, 4.69) is 5.32 Å². The highest BCUT2D eigenvalue weighted by Gasteiger charge is 2.23. The van der Waals surface area contributed by atoms with Gasteiger partial charge in [-0.05, 0) is 38.8 Å². The molecule has 10 heavy (non-hydrogen) atoms. The maximum absolute atomic E-state index is 9.39. The molecule has 0 saturated heterocycles. The summed E-state index contributed by atoms with van der Waals surface area (Å²) in [5.74, 6) is 0.576. The van der Waals surface area contributed by atoms with E-state index in [0.717, 1.165) is 19.4 Å². The SMILES string of the molecule is CNCCC1CCCC1O. The first-order chi connectivity index (χ1) is 4.84. The summed E-state index contributed by atoms with van der Waals surface area (Å²) >= 11 is 0. The predicted octanol–water partition coefficient (Wildman–Crippen LogP) is 0.757. The van der Waals surface area contributed by atoms with Crippen molar-refractivity contribution in [3.63, 3.8) is 0 Å². The summed E-state index contributed by atoms with van der Waals surface area (Å²) in [6.45, 7) is 1.04. The molecule has 0 aromatic heterocycles. The number of rotatable bonds is 3. The largest absolute Gasteiger partial charge is 0.393 e. The van der Waals surface area contributed by atoms with Crippen LogP contribution in [0.3, 0.4) is 0 Å². The molecule has 2 nitrogen and oxygen atoms in total. The van der Waals surface area contributed by atoms with Gasteiger partial charge in [-0.15, -0.1) is 0 Å². The summed E-state index contributed by atoms with van der Waals surface area (Å²) in [4.78, 5) is 0. The Kier molecular flexibility index (Phi) is 3.16. The van der Waals surface area contributed by atoms with Gasteiger partial charge >= 0.3 is 0 Å². The van der Waals surface area contributed by atoms with Gasteiger partial charge in [-0.25, -0.2) is 0 Å². The van der Waals surface area contributed by atoms with E-state index in [-0.39, 0.29) is 6.10 Å². The van der Waals surface area contributed by atoms with Crippen LogP contribution in [0.4, 0.5) is 0 Å². The molecule has 1 saturated carbocycles. The summed E-state index contributed by atoms with van der Waals surface area (Å²) in [5.41, 5.74) is 0. The van der Waals surface area contributed by atoms with Crippen molar-refractivity contribution in [2.75, 3.05) is 13.6 Å². The monoisotopic (exact) mass is 143 g/mol. The topological polar surface area (TPSA) is 32.3 Å². The molecule has 2 heteroatoms. The van der Waals surface area contributed by atoms with Gasteiger partial charge in [-0.2, -0.15) is 0 Å². The minimum Gasteiger partial charge on any atom is -0.393 e. The third-order valence-corrected chi connectivity index (χ3v) is 2.38. The Morgan fingerprint density at radius 3 is 2.80 bits per heavy atom. The normalized spacial score (nSPS) is 33.0. The minimum atomic E-state index is -0.00616. The molecule has 0 aromatic rings. The van der Waals surface area contributed by atoms with Crippen LogP contribution in [0, 0.1) is 5.92 Å². The second-order valence-corrected chi connectivity index (χ2v) is 3.15. The minimum absolute atomic E-state index is 0.00616. The lowest BCUT2D eigenvalue weighted by molar-refractivity contribution is 0.128. The van der Waals surface area contributed by atoms with Gasteiger partial charge in [0, 0.05) is 0 Å². The molecule has 0 spiro atoms. The third kappa shape index (κ3) is 1.96. The lowest BCUT2D eigenvalue weighted by atomic mass is 10.0. The molecule has 0 aliphatic heterocycles. The quantitative estimate of drug-likeness (QED) is 0.611. The Labute approximate surface area is 62.6 Å². The van der Waals surface area contributed by atoms with Crippen molar-refractivity contribution >= 4 is 0 Å². The van der Waals surface area contributed by atoms with Crippen LogP contribution in [0.2, 0.25) is 0 Å². The Balaban J connectivity index is 2.14. The van der Waals surface area contributed by atoms with Crippen LogP contribution >= 0.6 is 0 Å². The van der Waals surface area contributed by atoms with Crippen molar-refractivity contribution in [2.45, 2.75) is 31.8 Å². The number of aliphatic hydroxyl groups excluding tert-OH is 1. The zero-order chi connectivity index (χ0) is 7.40. The first-order valence-electron chi connectivity index (χ1n) is 4.17. The van der Waals surface area contributed by atoms with E-state index in [4.69, 9.17) is 0 Å². The van der Waals surface area contributed by atoms with Gasteiger partial charge in [0.1, 0.15) is 0 Å². The second-order valence-electron chi connectivity index (χ2n) is 3.15. The first-order valence-corrected chi connectivity index (χ1v) is 4.17. The third-order valence-electron chi connectivity index (χ3n) is 2.38.